The zero-order chi connectivity index (χ0) is 18.6. The summed E-state index contributed by atoms with van der Waals surface area (Å²) in [4.78, 5) is 8.72. The normalized spacial score (nSPS) is 16.2. The number of benzene rings is 1. The molecule has 0 unspecified atom stereocenters. The lowest BCUT2D eigenvalue weighted by Gasteiger charge is -2.18. The Morgan fingerprint density at radius 2 is 1.73 bits per heavy atom. The predicted molar refractivity (Wildman–Crippen MR) is 96.6 cm³/mol. The van der Waals surface area contributed by atoms with Crippen LogP contribution in [0, 0.1) is 6.92 Å². The van der Waals surface area contributed by atoms with Crippen LogP contribution in [0.3, 0.4) is 0 Å². The van der Waals surface area contributed by atoms with Crippen LogP contribution in [0.25, 0.3) is 0 Å². The van der Waals surface area contributed by atoms with Gasteiger partial charge in [0.15, 0.2) is 0 Å². The van der Waals surface area contributed by atoms with Gasteiger partial charge in [0, 0.05) is 23.5 Å². The van der Waals surface area contributed by atoms with Gasteiger partial charge in [0.25, 0.3) is 0 Å². The monoisotopic (exact) mass is 364 g/mol. The Bertz CT molecular complexity index is 738. The van der Waals surface area contributed by atoms with E-state index in [1.54, 1.807) is 6.07 Å². The minimum atomic E-state index is -4.38. The number of alkyl halides is 3. The quantitative estimate of drug-likeness (QED) is 0.685. The number of aromatic nitrogens is 2. The van der Waals surface area contributed by atoms with Crippen molar-refractivity contribution in [3.05, 3.63) is 41.6 Å². The first-order chi connectivity index (χ1) is 12.4. The highest BCUT2D eigenvalue weighted by molar-refractivity contribution is 5.56. The maximum absolute atomic E-state index is 12.9. The summed E-state index contributed by atoms with van der Waals surface area (Å²) in [5.74, 6) is 0.999. The van der Waals surface area contributed by atoms with Crippen LogP contribution in [0.15, 0.2) is 30.3 Å². The van der Waals surface area contributed by atoms with Crippen molar-refractivity contribution in [2.45, 2.75) is 57.7 Å². The molecule has 0 bridgehead atoms. The Hall–Kier alpha value is -2.31. The number of hydrogen-bond acceptors (Lipinski definition) is 4. The van der Waals surface area contributed by atoms with E-state index in [0.717, 1.165) is 30.7 Å². The van der Waals surface area contributed by atoms with E-state index in [-0.39, 0.29) is 0 Å². The second-order valence-corrected chi connectivity index (χ2v) is 6.75. The van der Waals surface area contributed by atoms with Gasteiger partial charge in [0.1, 0.15) is 5.82 Å². The van der Waals surface area contributed by atoms with Crippen molar-refractivity contribution in [2.75, 3.05) is 10.6 Å². The Morgan fingerprint density at radius 3 is 2.42 bits per heavy atom. The number of hydrogen-bond donors (Lipinski definition) is 2. The molecule has 0 amide bonds. The number of nitrogens with one attached hydrogen (secondary N) is 2. The molecule has 7 heteroatoms. The molecule has 4 nitrogen and oxygen atoms in total. The highest BCUT2D eigenvalue weighted by Crippen LogP contribution is 2.31. The molecule has 140 valence electrons. The third kappa shape index (κ3) is 5.09. The van der Waals surface area contributed by atoms with Crippen LogP contribution in [0.1, 0.15) is 49.8 Å². The molecule has 0 radical (unpaired) electrons. The fraction of sp³-hybridized carbons (Fsp3) is 0.474. The molecule has 1 aliphatic carbocycles. The molecule has 1 saturated carbocycles. The van der Waals surface area contributed by atoms with E-state index >= 15 is 0 Å². The molecule has 0 saturated heterocycles. The highest BCUT2D eigenvalue weighted by Gasteiger charge is 2.30. The van der Waals surface area contributed by atoms with Crippen LogP contribution < -0.4 is 10.6 Å². The third-order valence-corrected chi connectivity index (χ3v) is 4.51. The molecular weight excluding hydrogens is 341 g/mol. The second kappa shape index (κ2) is 7.93. The number of aryl methyl sites for hydroxylation is 1. The summed E-state index contributed by atoms with van der Waals surface area (Å²) in [6, 6.07) is 7.28. The van der Waals surface area contributed by atoms with Crippen molar-refractivity contribution >= 4 is 17.5 Å². The molecule has 1 fully saturated rings. The van der Waals surface area contributed by atoms with E-state index in [2.05, 4.69) is 20.6 Å². The lowest BCUT2D eigenvalue weighted by atomic mass is 10.1. The molecular formula is C19H23F3N4. The van der Waals surface area contributed by atoms with Crippen LogP contribution in [-0.4, -0.2) is 16.0 Å². The van der Waals surface area contributed by atoms with Gasteiger partial charge in [-0.2, -0.15) is 18.2 Å². The zero-order valence-electron chi connectivity index (χ0n) is 14.7. The van der Waals surface area contributed by atoms with E-state index in [9.17, 15) is 13.2 Å². The smallest absolute Gasteiger partial charge is 0.367 e. The summed E-state index contributed by atoms with van der Waals surface area (Å²) >= 11 is 0. The summed E-state index contributed by atoms with van der Waals surface area (Å²) < 4.78 is 38.6. The molecule has 1 aromatic heterocycles. The van der Waals surface area contributed by atoms with Crippen LogP contribution in [0.5, 0.6) is 0 Å². The van der Waals surface area contributed by atoms with E-state index in [0.29, 0.717) is 23.5 Å². The van der Waals surface area contributed by atoms with Crippen molar-refractivity contribution in [3.8, 4) is 0 Å². The van der Waals surface area contributed by atoms with Gasteiger partial charge in [-0.05, 0) is 38.0 Å². The van der Waals surface area contributed by atoms with E-state index in [1.165, 1.54) is 31.7 Å². The van der Waals surface area contributed by atoms with E-state index < -0.39 is 11.7 Å². The van der Waals surface area contributed by atoms with E-state index in [1.807, 2.05) is 13.0 Å². The maximum Gasteiger partial charge on any atom is 0.416 e. The van der Waals surface area contributed by atoms with Crippen molar-refractivity contribution < 1.29 is 13.2 Å². The minimum absolute atomic E-state index is 0.292. The topological polar surface area (TPSA) is 49.8 Å². The maximum atomic E-state index is 12.9. The highest BCUT2D eigenvalue weighted by atomic mass is 19.4. The first-order valence-electron chi connectivity index (χ1n) is 8.97. The molecule has 3 rings (SSSR count). The Balaban J connectivity index is 1.75. The summed E-state index contributed by atoms with van der Waals surface area (Å²) in [6.45, 7) is 1.84. The van der Waals surface area contributed by atoms with Crippen LogP contribution in [0.2, 0.25) is 0 Å². The molecule has 1 heterocycles. The Kier molecular flexibility index (Phi) is 5.64. The average Bonchev–Trinajstić information content (AvgIpc) is 2.82. The SMILES string of the molecule is Cc1cc(NC2CCCCCC2)nc(Nc2cccc(C(F)(F)F)c2)n1. The fourth-order valence-electron chi connectivity index (χ4n) is 3.23. The second-order valence-electron chi connectivity index (χ2n) is 6.75. The standard InChI is InChI=1S/C19H23F3N4/c1-13-11-17(24-15-8-4-2-3-5-9-15)26-18(23-13)25-16-10-6-7-14(12-16)19(20,21)22/h6-7,10-12,15H,2-5,8-9H2,1H3,(H2,23,24,25,26). The van der Waals surface area contributed by atoms with Gasteiger partial charge in [-0.15, -0.1) is 0 Å². The molecule has 1 aliphatic rings. The first-order valence-corrected chi connectivity index (χ1v) is 8.97. The molecule has 1 aromatic carbocycles. The minimum Gasteiger partial charge on any atom is -0.367 e. The largest absolute Gasteiger partial charge is 0.416 e. The van der Waals surface area contributed by atoms with Crippen LogP contribution >= 0.6 is 0 Å². The molecule has 2 N–H and O–H groups in total. The zero-order valence-corrected chi connectivity index (χ0v) is 14.7. The number of anilines is 3. The average molecular weight is 364 g/mol. The van der Waals surface area contributed by atoms with Gasteiger partial charge in [-0.3, -0.25) is 0 Å². The molecule has 0 atom stereocenters. The molecule has 2 aromatic rings. The van der Waals surface area contributed by atoms with Gasteiger partial charge < -0.3 is 10.6 Å². The molecule has 0 aliphatic heterocycles. The van der Waals surface area contributed by atoms with Crippen molar-refractivity contribution in [2.24, 2.45) is 0 Å². The fourth-order valence-corrected chi connectivity index (χ4v) is 3.23. The Morgan fingerprint density at radius 1 is 1.00 bits per heavy atom. The van der Waals surface area contributed by atoms with Gasteiger partial charge in [0.05, 0.1) is 5.56 Å². The number of nitrogens with zero attached hydrogens (tertiary/aromatic N) is 2. The third-order valence-electron chi connectivity index (χ3n) is 4.51. The van der Waals surface area contributed by atoms with Gasteiger partial charge in [0.2, 0.25) is 5.95 Å². The van der Waals surface area contributed by atoms with Crippen molar-refractivity contribution in [1.29, 1.82) is 0 Å². The lowest BCUT2D eigenvalue weighted by molar-refractivity contribution is -0.137. The van der Waals surface area contributed by atoms with Gasteiger partial charge in [-0.25, -0.2) is 4.98 Å². The Labute approximate surface area is 151 Å². The number of halogens is 3. The van der Waals surface area contributed by atoms with E-state index in [4.69, 9.17) is 0 Å². The molecule has 0 spiro atoms. The van der Waals surface area contributed by atoms with Crippen LogP contribution in [0.4, 0.5) is 30.6 Å². The molecule has 26 heavy (non-hydrogen) atoms. The number of rotatable bonds is 4. The summed E-state index contributed by atoms with van der Waals surface area (Å²) in [6.07, 6.45) is 2.79. The van der Waals surface area contributed by atoms with Crippen LogP contribution in [-0.2, 0) is 6.18 Å². The summed E-state index contributed by atoms with van der Waals surface area (Å²) in [7, 11) is 0. The van der Waals surface area contributed by atoms with Gasteiger partial charge in [-0.1, -0.05) is 31.7 Å². The summed E-state index contributed by atoms with van der Waals surface area (Å²) in [5, 5.41) is 6.34. The first kappa shape index (κ1) is 18.5. The van der Waals surface area contributed by atoms with Gasteiger partial charge >= 0.3 is 6.18 Å². The predicted octanol–water partition coefficient (Wildman–Crippen LogP) is 5.68. The van der Waals surface area contributed by atoms with Crippen molar-refractivity contribution in [3.63, 3.8) is 0 Å². The van der Waals surface area contributed by atoms with Crippen molar-refractivity contribution in [1.82, 2.24) is 9.97 Å². The lowest BCUT2D eigenvalue weighted by Crippen LogP contribution is -2.19. The summed E-state index contributed by atoms with van der Waals surface area (Å²) in [5.41, 5.74) is 0.364.